The van der Waals surface area contributed by atoms with Gasteiger partial charge in [-0.15, -0.1) is 0 Å². The van der Waals surface area contributed by atoms with Crippen molar-refractivity contribution in [3.63, 3.8) is 0 Å². The maximum atomic E-state index is 13.2. The molecule has 2 amide bonds. The number of carbonyl (C=O) groups excluding carboxylic acids is 2. The van der Waals surface area contributed by atoms with Gasteiger partial charge in [-0.1, -0.05) is 23.7 Å². The summed E-state index contributed by atoms with van der Waals surface area (Å²) in [6.07, 6.45) is 6.74. The number of hydrogen-bond acceptors (Lipinski definition) is 7. The summed E-state index contributed by atoms with van der Waals surface area (Å²) in [4.78, 5) is 35.3. The van der Waals surface area contributed by atoms with Gasteiger partial charge < -0.3 is 20.0 Å². The summed E-state index contributed by atoms with van der Waals surface area (Å²) in [6.45, 7) is 3.90. The van der Waals surface area contributed by atoms with Crippen LogP contribution in [0.4, 0.5) is 5.69 Å². The molecule has 2 aromatic rings. The van der Waals surface area contributed by atoms with Gasteiger partial charge >= 0.3 is 0 Å². The third-order valence-corrected chi connectivity index (χ3v) is 10.5. The van der Waals surface area contributed by atoms with Crippen molar-refractivity contribution < 1.29 is 22.8 Å². The molecular formula is C30H37N5O5S. The van der Waals surface area contributed by atoms with E-state index in [0.29, 0.717) is 30.1 Å². The van der Waals surface area contributed by atoms with Gasteiger partial charge in [-0.3, -0.25) is 9.59 Å². The van der Waals surface area contributed by atoms with Gasteiger partial charge in [0.25, 0.3) is 11.8 Å². The predicted molar refractivity (Wildman–Crippen MR) is 156 cm³/mol. The lowest BCUT2D eigenvalue weighted by Crippen LogP contribution is -2.37. The number of fused-ring (bicyclic) bond motifs is 3. The molecule has 10 nitrogen and oxygen atoms in total. The Morgan fingerprint density at radius 1 is 0.927 bits per heavy atom. The summed E-state index contributed by atoms with van der Waals surface area (Å²) >= 11 is 0. The van der Waals surface area contributed by atoms with Crippen LogP contribution in [0.3, 0.4) is 0 Å². The van der Waals surface area contributed by atoms with Crippen LogP contribution in [0.5, 0.6) is 0 Å². The zero-order chi connectivity index (χ0) is 28.6. The van der Waals surface area contributed by atoms with E-state index in [4.69, 9.17) is 4.84 Å². The maximum absolute atomic E-state index is 13.2. The average Bonchev–Trinajstić information content (AvgIpc) is 3.32. The van der Waals surface area contributed by atoms with E-state index in [2.05, 4.69) is 15.4 Å². The number of sulfonamides is 1. The monoisotopic (exact) mass is 579 g/mol. The van der Waals surface area contributed by atoms with Gasteiger partial charge in [-0.05, 0) is 86.0 Å². The van der Waals surface area contributed by atoms with E-state index in [9.17, 15) is 18.0 Å². The number of nitrogens with zero attached hydrogens (tertiary/aromatic N) is 4. The molecule has 0 aromatic heterocycles. The van der Waals surface area contributed by atoms with Gasteiger partial charge in [0.2, 0.25) is 10.0 Å². The number of piperidine rings is 2. The van der Waals surface area contributed by atoms with Crippen molar-refractivity contribution in [3.8, 4) is 11.1 Å². The number of anilines is 1. The van der Waals surface area contributed by atoms with Crippen molar-refractivity contribution in [2.75, 3.05) is 51.7 Å². The van der Waals surface area contributed by atoms with Crippen LogP contribution >= 0.6 is 0 Å². The second-order valence-corrected chi connectivity index (χ2v) is 13.3. The topological polar surface area (TPSA) is 112 Å². The van der Waals surface area contributed by atoms with Gasteiger partial charge in [-0.2, -0.15) is 4.31 Å². The van der Waals surface area contributed by atoms with Gasteiger partial charge in [0, 0.05) is 44.8 Å². The Hall–Kier alpha value is -3.28. The van der Waals surface area contributed by atoms with Gasteiger partial charge in [0.1, 0.15) is 0 Å². The molecule has 41 heavy (non-hydrogen) atoms. The molecule has 6 rings (SSSR count). The smallest absolute Gasteiger partial charge is 0.278 e. The zero-order valence-electron chi connectivity index (χ0n) is 23.5. The summed E-state index contributed by atoms with van der Waals surface area (Å²) in [7, 11) is -1.49. The summed E-state index contributed by atoms with van der Waals surface area (Å²) < 4.78 is 28.0. The Morgan fingerprint density at radius 2 is 1.61 bits per heavy atom. The van der Waals surface area contributed by atoms with Crippen LogP contribution in [-0.2, 0) is 37.4 Å². The molecule has 0 aliphatic carbocycles. The van der Waals surface area contributed by atoms with Crippen molar-refractivity contribution in [1.29, 1.82) is 0 Å². The highest BCUT2D eigenvalue weighted by molar-refractivity contribution is 7.89. The highest BCUT2D eigenvalue weighted by Crippen LogP contribution is 2.40. The normalized spacial score (nSPS) is 21.0. The highest BCUT2D eigenvalue weighted by Gasteiger charge is 2.34. The number of carbonyl (C=O) groups is 2. The Kier molecular flexibility index (Phi) is 7.84. The number of hydrogen-bond donors (Lipinski definition) is 1. The number of rotatable bonds is 6. The van der Waals surface area contributed by atoms with E-state index in [0.717, 1.165) is 92.5 Å². The molecule has 4 aliphatic heterocycles. The second kappa shape index (κ2) is 11.5. The SMILES string of the molecule is CN1CCc2c(-c3ccc(S(=O)(=O)N4CCCCC4)cc3)cc3c(c2C1)NC(=O)/C3=N\OCC(=O)N1CCCCC1. The molecule has 1 N–H and O–H groups in total. The van der Waals surface area contributed by atoms with Crippen molar-refractivity contribution in [2.45, 2.75) is 56.4 Å². The molecule has 0 bridgehead atoms. The van der Waals surface area contributed by atoms with Crippen molar-refractivity contribution in [1.82, 2.24) is 14.1 Å². The maximum Gasteiger partial charge on any atom is 0.278 e. The van der Waals surface area contributed by atoms with E-state index in [1.54, 1.807) is 21.3 Å². The quantitative estimate of drug-likeness (QED) is 0.527. The first kappa shape index (κ1) is 27.9. The Balaban J connectivity index is 1.31. The summed E-state index contributed by atoms with van der Waals surface area (Å²) in [5.74, 6) is -0.485. The Labute approximate surface area is 241 Å². The van der Waals surface area contributed by atoms with Gasteiger partial charge in [0.05, 0.1) is 10.6 Å². The first-order valence-electron chi connectivity index (χ1n) is 14.6. The van der Waals surface area contributed by atoms with E-state index in [-0.39, 0.29) is 24.1 Å². The molecule has 2 fully saturated rings. The van der Waals surface area contributed by atoms with Crippen LogP contribution in [0.1, 0.15) is 55.2 Å². The number of nitrogens with one attached hydrogen (secondary N) is 1. The Morgan fingerprint density at radius 3 is 2.32 bits per heavy atom. The first-order valence-corrected chi connectivity index (χ1v) is 16.0. The number of likely N-dealkylation sites (N-methyl/N-ethyl adjacent to an activating group) is 1. The van der Waals surface area contributed by atoms with Crippen molar-refractivity contribution >= 4 is 33.2 Å². The third kappa shape index (κ3) is 5.50. The van der Waals surface area contributed by atoms with Crippen molar-refractivity contribution in [2.24, 2.45) is 5.16 Å². The molecule has 0 saturated carbocycles. The third-order valence-electron chi connectivity index (χ3n) is 8.60. The average molecular weight is 580 g/mol. The van der Waals surface area contributed by atoms with Crippen LogP contribution < -0.4 is 5.32 Å². The minimum absolute atomic E-state index is 0.125. The molecule has 0 spiro atoms. The lowest BCUT2D eigenvalue weighted by molar-refractivity contribution is -0.137. The lowest BCUT2D eigenvalue weighted by Gasteiger charge is -2.29. The van der Waals surface area contributed by atoms with Gasteiger partial charge in [0.15, 0.2) is 12.3 Å². The fourth-order valence-corrected chi connectivity index (χ4v) is 7.83. The van der Waals surface area contributed by atoms with Gasteiger partial charge in [-0.25, -0.2) is 8.42 Å². The van der Waals surface area contributed by atoms with E-state index in [1.165, 1.54) is 0 Å². The molecule has 4 aliphatic rings. The fourth-order valence-electron chi connectivity index (χ4n) is 6.31. The minimum atomic E-state index is -3.53. The van der Waals surface area contributed by atoms with Crippen molar-refractivity contribution in [3.05, 3.63) is 47.0 Å². The molecule has 4 heterocycles. The number of likely N-dealkylation sites (tertiary alicyclic amines) is 1. The number of amides is 2. The first-order chi connectivity index (χ1) is 19.8. The van der Waals surface area contributed by atoms with Crippen LogP contribution in [0.2, 0.25) is 0 Å². The molecule has 218 valence electrons. The van der Waals surface area contributed by atoms with Crippen LogP contribution in [-0.4, -0.2) is 86.4 Å². The standard InChI is InChI=1S/C30H37N5O5S/c1-33-17-12-23-24(21-8-10-22(11-9-21)41(38,39)35-15-6-3-7-16-35)18-25-28(26(23)19-33)31-30(37)29(25)32-40-20-27(36)34-13-4-2-5-14-34/h8-11,18H,2-7,12-17,19-20H2,1H3,(H,31,32,37). The number of benzene rings is 2. The largest absolute Gasteiger partial charge is 0.385 e. The van der Waals surface area contributed by atoms with Crippen LogP contribution in [0.25, 0.3) is 11.1 Å². The zero-order valence-corrected chi connectivity index (χ0v) is 24.3. The minimum Gasteiger partial charge on any atom is -0.385 e. The number of oxime groups is 1. The predicted octanol–water partition coefficient (Wildman–Crippen LogP) is 3.20. The van der Waals surface area contributed by atoms with E-state index >= 15 is 0 Å². The second-order valence-electron chi connectivity index (χ2n) is 11.4. The molecule has 0 unspecified atom stereocenters. The van der Waals surface area contributed by atoms with Crippen LogP contribution in [0.15, 0.2) is 40.4 Å². The molecule has 0 radical (unpaired) electrons. The molecule has 2 aromatic carbocycles. The van der Waals surface area contributed by atoms with Crippen LogP contribution in [0, 0.1) is 0 Å². The Bertz CT molecular complexity index is 1480. The molecular weight excluding hydrogens is 542 g/mol. The van der Waals surface area contributed by atoms with E-state index < -0.39 is 10.0 Å². The summed E-state index contributed by atoms with van der Waals surface area (Å²) in [6, 6.07) is 9.02. The highest BCUT2D eigenvalue weighted by atomic mass is 32.2. The fraction of sp³-hybridized carbons (Fsp3) is 0.500. The molecule has 11 heteroatoms. The summed E-state index contributed by atoms with van der Waals surface area (Å²) in [5.41, 5.74) is 5.50. The lowest BCUT2D eigenvalue weighted by atomic mass is 9.87. The molecule has 2 saturated heterocycles. The molecule has 0 atom stereocenters. The summed E-state index contributed by atoms with van der Waals surface area (Å²) in [5, 5.41) is 7.13. The van der Waals surface area contributed by atoms with E-state index in [1.807, 2.05) is 25.2 Å².